The lowest BCUT2D eigenvalue weighted by Crippen LogP contribution is -2.53. The van der Waals surface area contributed by atoms with Gasteiger partial charge in [-0.15, -0.1) is 0 Å². The van der Waals surface area contributed by atoms with E-state index in [1.54, 1.807) is 25.1 Å². The molecule has 0 aromatic heterocycles. The summed E-state index contributed by atoms with van der Waals surface area (Å²) in [7, 11) is -2.16. The van der Waals surface area contributed by atoms with E-state index in [1.807, 2.05) is 36.4 Å². The molecule has 1 aliphatic rings. The fourth-order valence-electron chi connectivity index (χ4n) is 4.06. The summed E-state index contributed by atoms with van der Waals surface area (Å²) in [6.07, 6.45) is 1.11. The Morgan fingerprint density at radius 2 is 1.75 bits per heavy atom. The Morgan fingerprint density at radius 3 is 2.38 bits per heavy atom. The highest BCUT2D eigenvalue weighted by Crippen LogP contribution is 2.36. The fraction of sp³-hybridized carbons (Fsp3) is 0.435. The molecule has 9 heteroatoms. The van der Waals surface area contributed by atoms with Gasteiger partial charge in [-0.1, -0.05) is 42.5 Å². The molecule has 1 saturated heterocycles. The number of carbonyl (C=O) groups excluding carboxylic acids is 1. The Hall–Kier alpha value is -2.46. The number of rotatable bonds is 9. The van der Waals surface area contributed by atoms with Crippen molar-refractivity contribution in [1.82, 2.24) is 14.3 Å². The van der Waals surface area contributed by atoms with E-state index in [-0.39, 0.29) is 12.5 Å². The van der Waals surface area contributed by atoms with Crippen molar-refractivity contribution < 1.29 is 23.1 Å². The minimum absolute atomic E-state index is 0.230. The van der Waals surface area contributed by atoms with Gasteiger partial charge in [0.2, 0.25) is 0 Å². The van der Waals surface area contributed by atoms with E-state index in [9.17, 15) is 18.3 Å². The molecule has 1 unspecified atom stereocenters. The number of hydrogen-bond donors (Lipinski definition) is 3. The van der Waals surface area contributed by atoms with Crippen molar-refractivity contribution in [3.8, 4) is 5.75 Å². The van der Waals surface area contributed by atoms with Crippen molar-refractivity contribution in [3.05, 3.63) is 65.7 Å². The zero-order chi connectivity index (χ0) is 23.2. The minimum Gasteiger partial charge on any atom is -0.496 e. The normalized spacial score (nSPS) is 17.5. The number of aliphatic hydroxyl groups is 1. The molecule has 3 N–H and O–H groups in total. The van der Waals surface area contributed by atoms with Crippen LogP contribution in [0.3, 0.4) is 0 Å². The van der Waals surface area contributed by atoms with E-state index in [0.717, 1.165) is 5.56 Å². The standard InChI is InChI=1S/C23H31N3O5S/c1-18(16-27)25-32(29,30)26-14-12-23(13-15-26,19-8-4-3-5-9-19)17-24-22(28)20-10-6-7-11-21(20)31-2/h3-11,18,25,27H,12-17H2,1-2H3,(H,24,28). The number of para-hydroxylation sites is 1. The molecule has 1 heterocycles. The second kappa shape index (κ2) is 10.4. The van der Waals surface area contributed by atoms with Crippen LogP contribution in [0.15, 0.2) is 54.6 Å². The van der Waals surface area contributed by atoms with Crippen LogP contribution in [0.5, 0.6) is 5.75 Å². The first-order chi connectivity index (χ1) is 15.3. The van der Waals surface area contributed by atoms with Crippen molar-refractivity contribution in [1.29, 1.82) is 0 Å². The van der Waals surface area contributed by atoms with Gasteiger partial charge in [-0.25, -0.2) is 0 Å². The van der Waals surface area contributed by atoms with E-state index < -0.39 is 21.7 Å². The SMILES string of the molecule is COc1ccccc1C(=O)NCC1(c2ccccc2)CCN(S(=O)(=O)NC(C)CO)CC1. The predicted octanol–water partition coefficient (Wildman–Crippen LogP) is 1.67. The maximum atomic E-state index is 12.9. The molecule has 2 aromatic rings. The van der Waals surface area contributed by atoms with E-state index in [2.05, 4.69) is 10.0 Å². The molecule has 1 aliphatic heterocycles. The second-order valence-corrected chi connectivity index (χ2v) is 9.84. The summed E-state index contributed by atoms with van der Waals surface area (Å²) in [6, 6.07) is 16.4. The largest absolute Gasteiger partial charge is 0.496 e. The monoisotopic (exact) mass is 461 g/mol. The Bertz CT molecular complexity index is 1010. The summed E-state index contributed by atoms with van der Waals surface area (Å²) in [5.74, 6) is 0.273. The number of nitrogens with zero attached hydrogens (tertiary/aromatic N) is 1. The van der Waals surface area contributed by atoms with Gasteiger partial charge in [0, 0.05) is 31.1 Å². The first-order valence-corrected chi connectivity index (χ1v) is 12.1. The smallest absolute Gasteiger partial charge is 0.279 e. The third kappa shape index (κ3) is 5.47. The van der Waals surface area contributed by atoms with Gasteiger partial charge in [0.1, 0.15) is 5.75 Å². The van der Waals surface area contributed by atoms with Crippen LogP contribution in [-0.4, -0.2) is 63.1 Å². The maximum Gasteiger partial charge on any atom is 0.279 e. The molecule has 0 spiro atoms. The van der Waals surface area contributed by atoms with Crippen molar-refractivity contribution >= 4 is 16.1 Å². The Kier molecular flexibility index (Phi) is 7.89. The molecule has 174 valence electrons. The molecule has 0 bridgehead atoms. The summed E-state index contributed by atoms with van der Waals surface area (Å²) in [5, 5.41) is 12.2. The van der Waals surface area contributed by atoms with Crippen LogP contribution in [0, 0.1) is 0 Å². The molecule has 0 aliphatic carbocycles. The van der Waals surface area contributed by atoms with Gasteiger partial charge in [-0.2, -0.15) is 17.4 Å². The van der Waals surface area contributed by atoms with Gasteiger partial charge in [-0.05, 0) is 37.5 Å². The molecule has 2 aromatic carbocycles. The fourth-order valence-corrected chi connectivity index (χ4v) is 5.45. The molecule has 0 saturated carbocycles. The molecule has 32 heavy (non-hydrogen) atoms. The molecule has 3 rings (SSSR count). The van der Waals surface area contributed by atoms with Gasteiger partial charge in [0.25, 0.3) is 16.1 Å². The predicted molar refractivity (Wildman–Crippen MR) is 123 cm³/mol. The summed E-state index contributed by atoms with van der Waals surface area (Å²) < 4.78 is 34.5. The number of amides is 1. The Labute approximate surface area is 189 Å². The van der Waals surface area contributed by atoms with Gasteiger partial charge >= 0.3 is 0 Å². The number of hydrogen-bond acceptors (Lipinski definition) is 5. The summed E-state index contributed by atoms with van der Waals surface area (Å²) >= 11 is 0. The van der Waals surface area contributed by atoms with Gasteiger partial charge in [0.15, 0.2) is 0 Å². The van der Waals surface area contributed by atoms with Crippen molar-refractivity contribution in [3.63, 3.8) is 0 Å². The van der Waals surface area contributed by atoms with E-state index in [4.69, 9.17) is 4.74 Å². The maximum absolute atomic E-state index is 12.9. The third-order valence-electron chi connectivity index (χ3n) is 5.97. The lowest BCUT2D eigenvalue weighted by molar-refractivity contribution is 0.0929. The quantitative estimate of drug-likeness (QED) is 0.527. The van der Waals surface area contributed by atoms with Crippen LogP contribution in [-0.2, 0) is 15.6 Å². The summed E-state index contributed by atoms with van der Waals surface area (Å²) in [5.41, 5.74) is 1.13. The molecule has 1 atom stereocenters. The van der Waals surface area contributed by atoms with Gasteiger partial charge in [0.05, 0.1) is 19.3 Å². The van der Waals surface area contributed by atoms with Crippen LogP contribution in [0.1, 0.15) is 35.7 Å². The lowest BCUT2D eigenvalue weighted by atomic mass is 9.73. The highest BCUT2D eigenvalue weighted by atomic mass is 32.2. The van der Waals surface area contributed by atoms with Gasteiger partial charge < -0.3 is 15.2 Å². The van der Waals surface area contributed by atoms with Crippen molar-refractivity contribution in [2.75, 3.05) is 33.4 Å². The lowest BCUT2D eigenvalue weighted by Gasteiger charge is -2.42. The number of aliphatic hydroxyl groups excluding tert-OH is 1. The number of benzene rings is 2. The second-order valence-electron chi connectivity index (χ2n) is 8.13. The van der Waals surface area contributed by atoms with Gasteiger partial charge in [-0.3, -0.25) is 4.79 Å². The first kappa shape index (κ1) is 24.2. The molecule has 1 fully saturated rings. The number of methoxy groups -OCH3 is 1. The average Bonchev–Trinajstić information content (AvgIpc) is 2.83. The van der Waals surface area contributed by atoms with E-state index >= 15 is 0 Å². The molecular formula is C23H31N3O5S. The van der Waals surface area contributed by atoms with Crippen LogP contribution in [0.25, 0.3) is 0 Å². The number of carbonyl (C=O) groups is 1. The number of ether oxygens (including phenoxy) is 1. The highest BCUT2D eigenvalue weighted by molar-refractivity contribution is 7.87. The van der Waals surface area contributed by atoms with Crippen molar-refractivity contribution in [2.45, 2.75) is 31.2 Å². The average molecular weight is 462 g/mol. The molecule has 8 nitrogen and oxygen atoms in total. The Balaban J connectivity index is 1.77. The molecule has 0 radical (unpaired) electrons. The summed E-state index contributed by atoms with van der Waals surface area (Å²) in [4.78, 5) is 12.9. The highest BCUT2D eigenvalue weighted by Gasteiger charge is 2.40. The topological polar surface area (TPSA) is 108 Å². The number of nitrogens with one attached hydrogen (secondary N) is 2. The third-order valence-corrected chi connectivity index (χ3v) is 7.71. The molecular weight excluding hydrogens is 430 g/mol. The van der Waals surface area contributed by atoms with Crippen LogP contribution in [0.2, 0.25) is 0 Å². The minimum atomic E-state index is -3.69. The van der Waals surface area contributed by atoms with Crippen LogP contribution >= 0.6 is 0 Å². The van der Waals surface area contributed by atoms with E-state index in [0.29, 0.717) is 43.8 Å². The van der Waals surface area contributed by atoms with E-state index in [1.165, 1.54) is 11.4 Å². The van der Waals surface area contributed by atoms with Crippen molar-refractivity contribution in [2.24, 2.45) is 0 Å². The van der Waals surface area contributed by atoms with Crippen LogP contribution < -0.4 is 14.8 Å². The first-order valence-electron chi connectivity index (χ1n) is 10.7. The molecule has 1 amide bonds. The number of piperidine rings is 1. The summed E-state index contributed by atoms with van der Waals surface area (Å²) in [6.45, 7) is 2.35. The Morgan fingerprint density at radius 1 is 1.12 bits per heavy atom. The van der Waals surface area contributed by atoms with Crippen LogP contribution in [0.4, 0.5) is 0 Å². The zero-order valence-corrected chi connectivity index (χ0v) is 19.3. The zero-order valence-electron chi connectivity index (χ0n) is 18.5.